The van der Waals surface area contributed by atoms with Gasteiger partial charge in [-0.2, -0.15) is 0 Å². The minimum absolute atomic E-state index is 0.0650. The normalized spacial score (nSPS) is 14.6. The molecule has 0 unspecified atom stereocenters. The summed E-state index contributed by atoms with van der Waals surface area (Å²) in [5.74, 6) is -0.0650. The van der Waals surface area contributed by atoms with Gasteiger partial charge < -0.3 is 15.0 Å². The van der Waals surface area contributed by atoms with Crippen molar-refractivity contribution in [2.75, 3.05) is 31.6 Å². The van der Waals surface area contributed by atoms with E-state index >= 15 is 0 Å². The fraction of sp³-hybridized carbons (Fsp3) is 0.294. The van der Waals surface area contributed by atoms with Gasteiger partial charge in [-0.1, -0.05) is 11.6 Å². The second kappa shape index (κ2) is 6.98. The molecule has 1 N–H and O–H groups in total. The number of nitrogens with zero attached hydrogens (tertiary/aromatic N) is 2. The van der Waals surface area contributed by atoms with Crippen LogP contribution in [0.2, 0.25) is 5.02 Å². The third-order valence-corrected chi connectivity index (χ3v) is 3.98. The summed E-state index contributed by atoms with van der Waals surface area (Å²) in [6, 6.07) is 9.25. The minimum Gasteiger partial charge on any atom is -0.378 e. The van der Waals surface area contributed by atoms with E-state index in [1.807, 2.05) is 31.2 Å². The maximum absolute atomic E-state index is 12.5. The lowest BCUT2D eigenvalue weighted by Gasteiger charge is -2.26. The molecule has 1 amide bonds. The van der Waals surface area contributed by atoms with Crippen molar-refractivity contribution in [2.24, 2.45) is 0 Å². The van der Waals surface area contributed by atoms with Gasteiger partial charge in [0, 0.05) is 35.7 Å². The van der Waals surface area contributed by atoms with Gasteiger partial charge in [0.2, 0.25) is 0 Å². The summed E-state index contributed by atoms with van der Waals surface area (Å²) >= 11 is 5.97. The molecule has 0 atom stereocenters. The van der Waals surface area contributed by atoms with Crippen LogP contribution >= 0.6 is 11.6 Å². The van der Waals surface area contributed by atoms with Gasteiger partial charge >= 0.3 is 0 Å². The van der Waals surface area contributed by atoms with Crippen molar-refractivity contribution in [1.29, 1.82) is 0 Å². The maximum atomic E-state index is 12.5. The van der Waals surface area contributed by atoms with E-state index in [0.29, 0.717) is 37.0 Å². The molecule has 1 saturated heterocycles. The number of anilines is 2. The first-order chi connectivity index (χ1) is 11.1. The first-order valence-corrected chi connectivity index (χ1v) is 7.87. The van der Waals surface area contributed by atoms with Crippen LogP contribution in [-0.4, -0.2) is 42.1 Å². The molecule has 0 saturated carbocycles. The number of morpholine rings is 1. The molecule has 6 heteroatoms. The number of rotatable bonds is 3. The van der Waals surface area contributed by atoms with Crippen molar-refractivity contribution in [3.63, 3.8) is 0 Å². The zero-order valence-corrected chi connectivity index (χ0v) is 13.6. The zero-order valence-electron chi connectivity index (χ0n) is 12.9. The Bertz CT molecular complexity index is 715. The number of pyridine rings is 1. The summed E-state index contributed by atoms with van der Waals surface area (Å²) in [6.07, 6.45) is 1.64. The van der Waals surface area contributed by atoms with Gasteiger partial charge in [-0.3, -0.25) is 9.78 Å². The Morgan fingerprint density at radius 2 is 2.04 bits per heavy atom. The molecular weight excluding hydrogens is 314 g/mol. The fourth-order valence-corrected chi connectivity index (χ4v) is 2.70. The molecule has 1 aliphatic heterocycles. The van der Waals surface area contributed by atoms with Crippen LogP contribution in [0.1, 0.15) is 16.1 Å². The van der Waals surface area contributed by atoms with E-state index in [9.17, 15) is 4.79 Å². The summed E-state index contributed by atoms with van der Waals surface area (Å²) in [4.78, 5) is 18.4. The molecule has 0 bridgehead atoms. The van der Waals surface area contributed by atoms with E-state index < -0.39 is 0 Å². The molecule has 1 fully saturated rings. The predicted molar refractivity (Wildman–Crippen MR) is 90.4 cm³/mol. The van der Waals surface area contributed by atoms with E-state index in [-0.39, 0.29) is 5.91 Å². The summed E-state index contributed by atoms with van der Waals surface area (Å²) in [6.45, 7) is 4.35. The Morgan fingerprint density at radius 3 is 2.78 bits per heavy atom. The molecule has 3 rings (SSSR count). The summed E-state index contributed by atoms with van der Waals surface area (Å²) in [5.41, 5.74) is 3.24. The summed E-state index contributed by atoms with van der Waals surface area (Å²) in [7, 11) is 0. The van der Waals surface area contributed by atoms with Gasteiger partial charge in [0.15, 0.2) is 0 Å². The lowest BCUT2D eigenvalue weighted by atomic mass is 10.2. The Hall–Kier alpha value is -2.11. The fourth-order valence-electron chi connectivity index (χ4n) is 2.48. The molecule has 2 aromatic rings. The van der Waals surface area contributed by atoms with Crippen molar-refractivity contribution in [1.82, 2.24) is 9.88 Å². The van der Waals surface area contributed by atoms with Crippen molar-refractivity contribution in [2.45, 2.75) is 6.92 Å². The standard InChI is InChI=1S/C17H18ClN3O2/c1-12-10-13(18)2-3-15(12)20-14-4-5-19-16(11-14)17(22)21-6-8-23-9-7-21/h2-5,10-11H,6-9H2,1H3,(H,19,20). The quantitative estimate of drug-likeness (QED) is 0.938. The van der Waals surface area contributed by atoms with E-state index in [1.165, 1.54) is 0 Å². The van der Waals surface area contributed by atoms with Crippen molar-refractivity contribution < 1.29 is 9.53 Å². The Kier molecular flexibility index (Phi) is 4.79. The molecule has 0 spiro atoms. The molecule has 1 aromatic carbocycles. The second-order valence-electron chi connectivity index (χ2n) is 5.42. The first-order valence-electron chi connectivity index (χ1n) is 7.50. The van der Waals surface area contributed by atoms with Crippen LogP contribution in [0.15, 0.2) is 36.5 Å². The number of carbonyl (C=O) groups excluding carboxylic acids is 1. The summed E-state index contributed by atoms with van der Waals surface area (Å²) < 4.78 is 5.27. The third-order valence-electron chi connectivity index (χ3n) is 3.74. The van der Waals surface area contributed by atoms with Gasteiger partial charge in [-0.15, -0.1) is 0 Å². The van der Waals surface area contributed by atoms with Crippen molar-refractivity contribution >= 4 is 28.9 Å². The number of nitrogens with one attached hydrogen (secondary N) is 1. The lowest BCUT2D eigenvalue weighted by Crippen LogP contribution is -2.41. The number of halogens is 1. The number of ether oxygens (including phenoxy) is 1. The van der Waals surface area contributed by atoms with Crippen LogP contribution in [0.5, 0.6) is 0 Å². The SMILES string of the molecule is Cc1cc(Cl)ccc1Nc1ccnc(C(=O)N2CCOCC2)c1. The smallest absolute Gasteiger partial charge is 0.272 e. The number of aryl methyl sites for hydroxylation is 1. The molecule has 120 valence electrons. The van der Waals surface area contributed by atoms with Gasteiger partial charge in [0.05, 0.1) is 13.2 Å². The van der Waals surface area contributed by atoms with Crippen LogP contribution in [0.4, 0.5) is 11.4 Å². The molecule has 1 aliphatic rings. The van der Waals surface area contributed by atoms with Crippen molar-refractivity contribution in [3.8, 4) is 0 Å². The highest BCUT2D eigenvalue weighted by atomic mass is 35.5. The first kappa shape index (κ1) is 15.8. The number of hydrogen-bond acceptors (Lipinski definition) is 4. The monoisotopic (exact) mass is 331 g/mol. The lowest BCUT2D eigenvalue weighted by molar-refractivity contribution is 0.0299. The largest absolute Gasteiger partial charge is 0.378 e. The molecule has 1 aromatic heterocycles. The van der Waals surface area contributed by atoms with Crippen LogP contribution < -0.4 is 5.32 Å². The molecule has 0 radical (unpaired) electrons. The van der Waals surface area contributed by atoms with Crippen LogP contribution in [0.25, 0.3) is 0 Å². The zero-order chi connectivity index (χ0) is 16.2. The average Bonchev–Trinajstić information content (AvgIpc) is 2.58. The van der Waals surface area contributed by atoms with Crippen LogP contribution in [0.3, 0.4) is 0 Å². The minimum atomic E-state index is -0.0650. The predicted octanol–water partition coefficient (Wildman–Crippen LogP) is 3.26. The average molecular weight is 332 g/mol. The maximum Gasteiger partial charge on any atom is 0.272 e. The number of carbonyl (C=O) groups is 1. The Balaban J connectivity index is 1.78. The van der Waals surface area contributed by atoms with E-state index in [0.717, 1.165) is 16.9 Å². The highest BCUT2D eigenvalue weighted by Crippen LogP contribution is 2.23. The van der Waals surface area contributed by atoms with Crippen LogP contribution in [0, 0.1) is 6.92 Å². The summed E-state index contributed by atoms with van der Waals surface area (Å²) in [5, 5.41) is 4.00. The van der Waals surface area contributed by atoms with Crippen molar-refractivity contribution in [3.05, 3.63) is 52.8 Å². The van der Waals surface area contributed by atoms with E-state index in [4.69, 9.17) is 16.3 Å². The molecule has 23 heavy (non-hydrogen) atoms. The Morgan fingerprint density at radius 1 is 1.26 bits per heavy atom. The molecule has 5 nitrogen and oxygen atoms in total. The Labute approximate surface area is 140 Å². The van der Waals surface area contributed by atoms with Gasteiger partial charge in [0.25, 0.3) is 5.91 Å². The van der Waals surface area contributed by atoms with Gasteiger partial charge in [0.1, 0.15) is 5.69 Å². The molecule has 0 aliphatic carbocycles. The molecular formula is C17H18ClN3O2. The van der Waals surface area contributed by atoms with Crippen LogP contribution in [-0.2, 0) is 4.74 Å². The number of amides is 1. The number of hydrogen-bond donors (Lipinski definition) is 1. The van der Waals surface area contributed by atoms with Gasteiger partial charge in [-0.05, 0) is 42.8 Å². The number of benzene rings is 1. The van der Waals surface area contributed by atoms with E-state index in [2.05, 4.69) is 10.3 Å². The third kappa shape index (κ3) is 3.81. The number of aromatic nitrogens is 1. The van der Waals surface area contributed by atoms with Gasteiger partial charge in [-0.25, -0.2) is 0 Å². The topological polar surface area (TPSA) is 54.5 Å². The second-order valence-corrected chi connectivity index (χ2v) is 5.86. The highest BCUT2D eigenvalue weighted by molar-refractivity contribution is 6.30. The molecule has 2 heterocycles. The van der Waals surface area contributed by atoms with E-state index in [1.54, 1.807) is 17.2 Å². The highest BCUT2D eigenvalue weighted by Gasteiger charge is 2.19.